The molecule has 1 heterocycles. The molecule has 1 aromatic rings. The van der Waals surface area contributed by atoms with Crippen molar-refractivity contribution < 1.29 is 46.0 Å². The maximum Gasteiger partial charge on any atom is 1.00 e. The number of rotatable bonds is 2. The SMILES string of the molecule is O=C(O)C1CSC(c2cc(Cl)ccc2O)=N1.[H-].[Na+]. The summed E-state index contributed by atoms with van der Waals surface area (Å²) in [5, 5.41) is 19.4. The van der Waals surface area contributed by atoms with Crippen LogP contribution in [0.5, 0.6) is 5.75 Å². The molecular weight excluding hydrogens is 273 g/mol. The molecule has 0 spiro atoms. The summed E-state index contributed by atoms with van der Waals surface area (Å²) in [5.41, 5.74) is 0.487. The minimum Gasteiger partial charge on any atom is -1.00 e. The Labute approximate surface area is 131 Å². The molecule has 86 valence electrons. The van der Waals surface area contributed by atoms with E-state index in [4.69, 9.17) is 16.7 Å². The van der Waals surface area contributed by atoms with Crippen LogP contribution in [0.4, 0.5) is 0 Å². The third kappa shape index (κ3) is 3.39. The van der Waals surface area contributed by atoms with Crippen molar-refractivity contribution >= 4 is 34.4 Å². The van der Waals surface area contributed by atoms with Gasteiger partial charge in [0.1, 0.15) is 10.8 Å². The number of thioether (sulfide) groups is 1. The van der Waals surface area contributed by atoms with Gasteiger partial charge < -0.3 is 11.6 Å². The molecule has 0 saturated carbocycles. The zero-order valence-electron chi connectivity index (χ0n) is 10.1. The van der Waals surface area contributed by atoms with Gasteiger partial charge in [-0.2, -0.15) is 0 Å². The van der Waals surface area contributed by atoms with E-state index in [1.165, 1.54) is 17.8 Å². The smallest absolute Gasteiger partial charge is 1.00 e. The molecule has 0 amide bonds. The topological polar surface area (TPSA) is 69.9 Å². The first-order chi connectivity index (χ1) is 7.58. The zero-order chi connectivity index (χ0) is 11.7. The van der Waals surface area contributed by atoms with Gasteiger partial charge in [-0.3, -0.25) is 4.99 Å². The third-order valence-corrected chi connectivity index (χ3v) is 3.44. The summed E-state index contributed by atoms with van der Waals surface area (Å²) in [6.45, 7) is 0. The first-order valence-corrected chi connectivity index (χ1v) is 5.86. The van der Waals surface area contributed by atoms with Gasteiger partial charge in [-0.05, 0) is 18.2 Å². The number of aliphatic imine (C=N–C) groups is 1. The molecule has 2 N–H and O–H groups in total. The van der Waals surface area contributed by atoms with Crippen LogP contribution >= 0.6 is 23.4 Å². The number of halogens is 1. The Bertz CT molecular complexity index is 486. The Kier molecular flexibility index (Phi) is 5.34. The van der Waals surface area contributed by atoms with Gasteiger partial charge in [-0.1, -0.05) is 11.6 Å². The molecule has 1 aliphatic heterocycles. The molecule has 0 fully saturated rings. The summed E-state index contributed by atoms with van der Waals surface area (Å²) in [5.74, 6) is -0.512. The molecule has 7 heteroatoms. The molecule has 1 aromatic carbocycles. The molecule has 0 bridgehead atoms. The number of carboxylic acid groups (broad SMARTS) is 1. The predicted molar refractivity (Wildman–Crippen MR) is 64.6 cm³/mol. The maximum atomic E-state index is 10.7. The average Bonchev–Trinajstić information content (AvgIpc) is 2.70. The number of aromatic hydroxyl groups is 1. The van der Waals surface area contributed by atoms with Crippen molar-refractivity contribution in [3.8, 4) is 5.75 Å². The standard InChI is InChI=1S/C10H8ClNO3S.Na.H/c11-5-1-2-8(13)6(3-5)9-12-7(4-16-9)10(14)15;;/h1-3,7,13H,4H2,(H,14,15);;/q;+1;-1. The Morgan fingerprint density at radius 3 is 2.88 bits per heavy atom. The van der Waals surface area contributed by atoms with Crippen molar-refractivity contribution in [2.45, 2.75) is 6.04 Å². The van der Waals surface area contributed by atoms with E-state index in [0.29, 0.717) is 21.4 Å². The molecule has 4 nitrogen and oxygen atoms in total. The first kappa shape index (κ1) is 14.9. The van der Waals surface area contributed by atoms with E-state index in [1.54, 1.807) is 12.1 Å². The van der Waals surface area contributed by atoms with Crippen molar-refractivity contribution in [2.75, 3.05) is 5.75 Å². The second kappa shape index (κ2) is 6.11. The molecule has 17 heavy (non-hydrogen) atoms. The number of hydrogen-bond acceptors (Lipinski definition) is 4. The minimum atomic E-state index is -0.955. The predicted octanol–water partition coefficient (Wildman–Crippen LogP) is -0.891. The molecular formula is C10H9ClNNaO3S. The number of aliphatic carboxylic acids is 1. The van der Waals surface area contributed by atoms with Crippen LogP contribution in [0.2, 0.25) is 5.02 Å². The van der Waals surface area contributed by atoms with Crippen LogP contribution in [-0.4, -0.2) is 33.0 Å². The van der Waals surface area contributed by atoms with Gasteiger partial charge in [0.2, 0.25) is 0 Å². The Morgan fingerprint density at radius 1 is 1.59 bits per heavy atom. The van der Waals surface area contributed by atoms with Crippen LogP contribution in [0.3, 0.4) is 0 Å². The fourth-order valence-electron chi connectivity index (χ4n) is 1.33. The average molecular weight is 282 g/mol. The van der Waals surface area contributed by atoms with Gasteiger partial charge in [-0.15, -0.1) is 11.8 Å². The summed E-state index contributed by atoms with van der Waals surface area (Å²) in [6.07, 6.45) is 0. The molecule has 1 atom stereocenters. The third-order valence-electron chi connectivity index (χ3n) is 2.13. The summed E-state index contributed by atoms with van der Waals surface area (Å²) < 4.78 is 0. The number of carboxylic acids is 1. The summed E-state index contributed by atoms with van der Waals surface area (Å²) in [4.78, 5) is 14.7. The fourth-order valence-corrected chi connectivity index (χ4v) is 2.55. The monoisotopic (exact) mass is 281 g/mol. The van der Waals surface area contributed by atoms with Crippen molar-refractivity contribution in [1.82, 2.24) is 0 Å². The number of carbonyl (C=O) groups is 1. The summed E-state index contributed by atoms with van der Waals surface area (Å²) >= 11 is 7.11. The van der Waals surface area contributed by atoms with Crippen LogP contribution in [0.1, 0.15) is 6.99 Å². The maximum absolute atomic E-state index is 10.7. The van der Waals surface area contributed by atoms with Gasteiger partial charge in [0.25, 0.3) is 0 Å². The summed E-state index contributed by atoms with van der Waals surface area (Å²) in [6, 6.07) is 3.87. The van der Waals surface area contributed by atoms with E-state index in [0.717, 1.165) is 0 Å². The number of phenolic OH excluding ortho intramolecular Hbond substituents is 1. The molecule has 0 aliphatic carbocycles. The molecule has 2 rings (SSSR count). The van der Waals surface area contributed by atoms with Crippen LogP contribution in [0, 0.1) is 0 Å². The number of hydrogen-bond donors (Lipinski definition) is 2. The number of benzene rings is 1. The van der Waals surface area contributed by atoms with E-state index >= 15 is 0 Å². The van der Waals surface area contributed by atoms with Crippen LogP contribution in [-0.2, 0) is 4.79 Å². The molecule has 0 radical (unpaired) electrons. The Hall–Kier alpha value is -0.200. The van der Waals surface area contributed by atoms with Crippen molar-refractivity contribution in [1.29, 1.82) is 0 Å². The van der Waals surface area contributed by atoms with E-state index in [9.17, 15) is 9.90 Å². The van der Waals surface area contributed by atoms with E-state index in [-0.39, 0.29) is 36.7 Å². The molecule has 1 aliphatic rings. The van der Waals surface area contributed by atoms with Gasteiger partial charge >= 0.3 is 35.5 Å². The Morgan fingerprint density at radius 2 is 2.29 bits per heavy atom. The normalized spacial score (nSPS) is 18.4. The molecule has 0 saturated heterocycles. The van der Waals surface area contributed by atoms with E-state index < -0.39 is 12.0 Å². The quantitative estimate of drug-likeness (QED) is 0.690. The van der Waals surface area contributed by atoms with E-state index in [1.807, 2.05) is 0 Å². The van der Waals surface area contributed by atoms with Crippen molar-refractivity contribution in [3.63, 3.8) is 0 Å². The van der Waals surface area contributed by atoms with Crippen LogP contribution < -0.4 is 29.6 Å². The minimum absolute atomic E-state index is 0. The molecule has 0 aromatic heterocycles. The van der Waals surface area contributed by atoms with Crippen molar-refractivity contribution in [2.24, 2.45) is 4.99 Å². The second-order valence-corrected chi connectivity index (χ2v) is 4.71. The van der Waals surface area contributed by atoms with Gasteiger partial charge in [-0.25, -0.2) is 4.79 Å². The van der Waals surface area contributed by atoms with E-state index in [2.05, 4.69) is 4.99 Å². The molecule has 1 unspecified atom stereocenters. The number of nitrogens with zero attached hydrogens (tertiary/aromatic N) is 1. The zero-order valence-corrected chi connectivity index (χ0v) is 12.6. The van der Waals surface area contributed by atoms with Gasteiger partial charge in [0.05, 0.1) is 0 Å². The van der Waals surface area contributed by atoms with Gasteiger partial charge in [0.15, 0.2) is 6.04 Å². The van der Waals surface area contributed by atoms with Crippen LogP contribution in [0.15, 0.2) is 23.2 Å². The van der Waals surface area contributed by atoms with Gasteiger partial charge in [0, 0.05) is 16.3 Å². The fraction of sp³-hybridized carbons (Fsp3) is 0.200. The van der Waals surface area contributed by atoms with Crippen LogP contribution in [0.25, 0.3) is 0 Å². The number of phenols is 1. The first-order valence-electron chi connectivity index (χ1n) is 4.50. The summed E-state index contributed by atoms with van der Waals surface area (Å²) in [7, 11) is 0. The van der Waals surface area contributed by atoms with Crippen molar-refractivity contribution in [3.05, 3.63) is 28.8 Å². The largest absolute Gasteiger partial charge is 1.00 e. The Balaban J connectivity index is 0.00000144. The second-order valence-electron chi connectivity index (χ2n) is 3.26.